The number of halogens is 3. The highest BCUT2D eigenvalue weighted by atomic mass is 19.4. The fourth-order valence-corrected chi connectivity index (χ4v) is 2.90. The number of hydrogen-bond donors (Lipinski definition) is 0. The van der Waals surface area contributed by atoms with Gasteiger partial charge in [0, 0.05) is 5.56 Å². The summed E-state index contributed by atoms with van der Waals surface area (Å²) in [5.74, 6) is 0.804. The molecule has 0 fully saturated rings. The average Bonchev–Trinajstić information content (AvgIpc) is 2.63. The van der Waals surface area contributed by atoms with Gasteiger partial charge in [0.15, 0.2) is 5.71 Å². The molecular weight excluding hydrogens is 367 g/mol. The zero-order valence-electron chi connectivity index (χ0n) is 16.4. The zero-order valence-corrected chi connectivity index (χ0v) is 16.4. The van der Waals surface area contributed by atoms with Crippen molar-refractivity contribution >= 4 is 5.71 Å². The molecule has 2 aromatic rings. The maximum absolute atomic E-state index is 13.1. The molecule has 0 aliphatic carbocycles. The highest BCUT2D eigenvalue weighted by molar-refractivity contribution is 6.04. The molecule has 2 aromatic carbocycles. The molecule has 0 aliphatic rings. The Morgan fingerprint density at radius 3 is 2.18 bits per heavy atom. The number of alkyl halides is 3. The number of allylic oxidation sites excluding steroid dienone is 1. The van der Waals surface area contributed by atoms with Crippen molar-refractivity contribution in [3.63, 3.8) is 0 Å². The first-order chi connectivity index (χ1) is 13.3. The van der Waals surface area contributed by atoms with Crippen LogP contribution in [0.5, 0.6) is 5.75 Å². The van der Waals surface area contributed by atoms with Crippen molar-refractivity contribution in [1.29, 1.82) is 0 Å². The number of rotatable bonds is 7. The standard InChI is InChI=1S/C22H24F3NO2/c1-5-6-11-28-19-12-15(2)20(16(3)13-19)14-17-7-9-18(10-8-17)21(26-27-4)22(23,24)25/h5-10,12-13H,11,14H2,1-4H3/b6-5+,26-21?. The largest absolute Gasteiger partial charge is 0.490 e. The Kier molecular flexibility index (Phi) is 7.26. The normalized spacial score (nSPS) is 12.5. The van der Waals surface area contributed by atoms with Crippen LogP contribution in [0.1, 0.15) is 34.7 Å². The van der Waals surface area contributed by atoms with E-state index in [1.54, 1.807) is 12.1 Å². The van der Waals surface area contributed by atoms with Crippen molar-refractivity contribution in [3.05, 3.63) is 76.4 Å². The van der Waals surface area contributed by atoms with Crippen LogP contribution < -0.4 is 4.74 Å². The summed E-state index contributed by atoms with van der Waals surface area (Å²) in [7, 11) is 1.09. The second-order valence-electron chi connectivity index (χ2n) is 6.41. The summed E-state index contributed by atoms with van der Waals surface area (Å²) in [5.41, 5.74) is 3.13. The summed E-state index contributed by atoms with van der Waals surface area (Å²) in [6.07, 6.45) is -0.0924. The van der Waals surface area contributed by atoms with Gasteiger partial charge in [-0.25, -0.2) is 0 Å². The summed E-state index contributed by atoms with van der Waals surface area (Å²) in [4.78, 5) is 4.34. The monoisotopic (exact) mass is 391 g/mol. The minimum atomic E-state index is -4.58. The Labute approximate surface area is 163 Å². The Morgan fingerprint density at radius 2 is 1.68 bits per heavy atom. The summed E-state index contributed by atoms with van der Waals surface area (Å²) in [6.45, 7) is 6.46. The third-order valence-corrected chi connectivity index (χ3v) is 4.31. The Bertz CT molecular complexity index is 830. The van der Waals surface area contributed by atoms with Crippen LogP contribution in [-0.4, -0.2) is 25.6 Å². The van der Waals surface area contributed by atoms with Crippen molar-refractivity contribution < 1.29 is 22.7 Å². The van der Waals surface area contributed by atoms with Gasteiger partial charge in [0.1, 0.15) is 19.5 Å². The second kappa shape index (κ2) is 9.44. The molecule has 0 amide bonds. The lowest BCUT2D eigenvalue weighted by atomic mass is 9.95. The highest BCUT2D eigenvalue weighted by Crippen LogP contribution is 2.26. The van der Waals surface area contributed by atoms with Crippen LogP contribution in [0.3, 0.4) is 0 Å². The van der Waals surface area contributed by atoms with Crippen LogP contribution in [-0.2, 0) is 11.3 Å². The molecule has 0 spiro atoms. The van der Waals surface area contributed by atoms with E-state index in [9.17, 15) is 13.2 Å². The van der Waals surface area contributed by atoms with Crippen LogP contribution in [0.15, 0.2) is 53.7 Å². The lowest BCUT2D eigenvalue weighted by Gasteiger charge is -2.14. The van der Waals surface area contributed by atoms with E-state index in [0.29, 0.717) is 13.0 Å². The summed E-state index contributed by atoms with van der Waals surface area (Å²) in [5, 5.41) is 3.12. The van der Waals surface area contributed by atoms with Crippen molar-refractivity contribution in [3.8, 4) is 5.75 Å². The smallest absolute Gasteiger partial charge is 0.437 e. The lowest BCUT2D eigenvalue weighted by molar-refractivity contribution is -0.0607. The Morgan fingerprint density at radius 1 is 1.07 bits per heavy atom. The zero-order chi connectivity index (χ0) is 20.7. The third kappa shape index (κ3) is 5.62. The van der Waals surface area contributed by atoms with Gasteiger partial charge in [-0.3, -0.25) is 0 Å². The predicted octanol–water partition coefficient (Wildman–Crippen LogP) is 5.76. The maximum atomic E-state index is 13.1. The van der Waals surface area contributed by atoms with Crippen LogP contribution >= 0.6 is 0 Å². The molecule has 0 aliphatic heterocycles. The molecule has 0 saturated carbocycles. The van der Waals surface area contributed by atoms with Crippen LogP contribution in [0.2, 0.25) is 0 Å². The molecule has 0 N–H and O–H groups in total. The number of nitrogens with zero attached hydrogens (tertiary/aromatic N) is 1. The van der Waals surface area contributed by atoms with Gasteiger partial charge in [0.2, 0.25) is 0 Å². The molecule has 2 rings (SSSR count). The minimum absolute atomic E-state index is 0.0285. The van der Waals surface area contributed by atoms with Crippen molar-refractivity contribution in [1.82, 2.24) is 0 Å². The molecule has 0 heterocycles. The van der Waals surface area contributed by atoms with Gasteiger partial charge in [-0.15, -0.1) is 0 Å². The predicted molar refractivity (Wildman–Crippen MR) is 105 cm³/mol. The SMILES string of the molecule is C/C=C/COc1cc(C)c(Cc2ccc(C(=NOC)C(F)(F)F)cc2)c(C)c1. The minimum Gasteiger partial charge on any atom is -0.490 e. The number of benzene rings is 2. The van der Waals surface area contributed by atoms with Crippen molar-refractivity contribution in [2.24, 2.45) is 5.16 Å². The van der Waals surface area contributed by atoms with Gasteiger partial charge in [-0.2, -0.15) is 13.2 Å². The molecule has 0 radical (unpaired) electrons. The Balaban J connectivity index is 2.21. The average molecular weight is 391 g/mol. The van der Waals surface area contributed by atoms with E-state index in [1.807, 2.05) is 45.1 Å². The van der Waals surface area contributed by atoms with Gasteiger partial charge in [0.05, 0.1) is 0 Å². The summed E-state index contributed by atoms with van der Waals surface area (Å²) in [6, 6.07) is 10.2. The van der Waals surface area contributed by atoms with E-state index >= 15 is 0 Å². The molecule has 0 saturated heterocycles. The molecule has 3 nitrogen and oxygen atoms in total. The van der Waals surface area contributed by atoms with E-state index in [4.69, 9.17) is 4.74 Å². The molecular formula is C22H24F3NO2. The van der Waals surface area contributed by atoms with Crippen molar-refractivity contribution in [2.75, 3.05) is 13.7 Å². The van der Waals surface area contributed by atoms with Gasteiger partial charge >= 0.3 is 6.18 Å². The first-order valence-electron chi connectivity index (χ1n) is 8.88. The number of ether oxygens (including phenoxy) is 1. The van der Waals surface area contributed by atoms with Gasteiger partial charge in [-0.1, -0.05) is 41.6 Å². The van der Waals surface area contributed by atoms with Crippen LogP contribution in [0.25, 0.3) is 0 Å². The van der Waals surface area contributed by atoms with Crippen molar-refractivity contribution in [2.45, 2.75) is 33.4 Å². The van der Waals surface area contributed by atoms with Gasteiger partial charge < -0.3 is 9.57 Å². The van der Waals surface area contributed by atoms with E-state index in [0.717, 1.165) is 35.1 Å². The molecule has 0 unspecified atom stereocenters. The molecule has 0 aromatic heterocycles. The van der Waals surface area contributed by atoms with E-state index < -0.39 is 11.9 Å². The first-order valence-corrected chi connectivity index (χ1v) is 8.88. The second-order valence-corrected chi connectivity index (χ2v) is 6.41. The van der Waals surface area contributed by atoms with Gasteiger partial charge in [0.25, 0.3) is 0 Å². The molecule has 28 heavy (non-hydrogen) atoms. The summed E-state index contributed by atoms with van der Waals surface area (Å²) >= 11 is 0. The lowest BCUT2D eigenvalue weighted by Crippen LogP contribution is -2.24. The maximum Gasteiger partial charge on any atom is 0.437 e. The molecule has 0 atom stereocenters. The Hall–Kier alpha value is -2.76. The molecule has 6 heteroatoms. The molecule has 150 valence electrons. The quantitative estimate of drug-likeness (QED) is 0.341. The van der Waals surface area contributed by atoms with Crippen LogP contribution in [0.4, 0.5) is 13.2 Å². The number of oxime groups is 1. The topological polar surface area (TPSA) is 30.8 Å². The molecule has 0 bridgehead atoms. The third-order valence-electron chi connectivity index (χ3n) is 4.31. The summed E-state index contributed by atoms with van der Waals surface area (Å²) < 4.78 is 44.9. The van der Waals surface area contributed by atoms with E-state index in [-0.39, 0.29) is 5.56 Å². The number of hydrogen-bond acceptors (Lipinski definition) is 3. The fraction of sp³-hybridized carbons (Fsp3) is 0.318. The van der Waals surface area contributed by atoms with E-state index in [1.165, 1.54) is 12.1 Å². The highest BCUT2D eigenvalue weighted by Gasteiger charge is 2.37. The fourth-order valence-electron chi connectivity index (χ4n) is 2.90. The van der Waals surface area contributed by atoms with E-state index in [2.05, 4.69) is 9.99 Å². The van der Waals surface area contributed by atoms with Gasteiger partial charge in [-0.05, 0) is 61.6 Å². The van der Waals surface area contributed by atoms with Crippen LogP contribution in [0, 0.1) is 13.8 Å². The first kappa shape index (κ1) is 21.5. The number of aryl methyl sites for hydroxylation is 2.